The molecule has 82 valence electrons. The summed E-state index contributed by atoms with van der Waals surface area (Å²) in [6.45, 7) is 4.10. The van der Waals surface area contributed by atoms with Gasteiger partial charge in [0.05, 0.1) is 6.42 Å². The number of aryl methyl sites for hydroxylation is 2. The number of unbranched alkanes of at least 4 members (excludes halogenated alkanes) is 1. The van der Waals surface area contributed by atoms with Crippen LogP contribution in [0.15, 0.2) is 12.1 Å². The van der Waals surface area contributed by atoms with Crippen LogP contribution < -0.4 is 5.73 Å². The van der Waals surface area contributed by atoms with Crippen molar-refractivity contribution in [1.29, 1.82) is 0 Å². The number of carbonyl (C=O) groups excluding carboxylic acids is 1. The molecule has 0 saturated heterocycles. The molecule has 0 unspecified atom stereocenters. The lowest BCUT2D eigenvalue weighted by molar-refractivity contribution is -0.117. The van der Waals surface area contributed by atoms with Gasteiger partial charge in [0.25, 0.3) is 0 Å². The fourth-order valence-corrected chi connectivity index (χ4v) is 1.55. The summed E-state index contributed by atoms with van der Waals surface area (Å²) in [6.07, 6.45) is 3.46. The first kappa shape index (κ1) is 11.7. The van der Waals surface area contributed by atoms with Gasteiger partial charge >= 0.3 is 0 Å². The third kappa shape index (κ3) is 3.70. The van der Waals surface area contributed by atoms with Crippen molar-refractivity contribution >= 4 is 5.91 Å². The van der Waals surface area contributed by atoms with Crippen molar-refractivity contribution in [3.63, 3.8) is 0 Å². The summed E-state index contributed by atoms with van der Waals surface area (Å²) in [6, 6.07) is 3.88. The molecule has 1 aromatic rings. The Morgan fingerprint density at radius 1 is 1.47 bits per heavy atom. The fraction of sp³-hybridized carbons (Fsp3) is 0.500. The zero-order valence-electron chi connectivity index (χ0n) is 9.42. The summed E-state index contributed by atoms with van der Waals surface area (Å²) in [4.78, 5) is 15.3. The molecule has 1 aromatic heterocycles. The minimum absolute atomic E-state index is 0.293. The predicted octanol–water partition coefficient (Wildman–Crippen LogP) is 1.76. The monoisotopic (exact) mass is 206 g/mol. The topological polar surface area (TPSA) is 56.0 Å². The highest BCUT2D eigenvalue weighted by Crippen LogP contribution is 2.11. The van der Waals surface area contributed by atoms with E-state index in [2.05, 4.69) is 11.9 Å². The number of pyridine rings is 1. The van der Waals surface area contributed by atoms with Crippen LogP contribution in [0.2, 0.25) is 0 Å². The Hall–Kier alpha value is -1.38. The lowest BCUT2D eigenvalue weighted by Crippen LogP contribution is -2.15. The van der Waals surface area contributed by atoms with E-state index in [0.717, 1.165) is 36.2 Å². The molecule has 1 rings (SSSR count). The van der Waals surface area contributed by atoms with E-state index < -0.39 is 0 Å². The van der Waals surface area contributed by atoms with Crippen LogP contribution in [0, 0.1) is 6.92 Å². The predicted molar refractivity (Wildman–Crippen MR) is 60.5 cm³/mol. The molecule has 0 bridgehead atoms. The molecular formula is C12H18N2O. The van der Waals surface area contributed by atoms with Gasteiger partial charge in [0.2, 0.25) is 5.91 Å². The Morgan fingerprint density at radius 2 is 2.20 bits per heavy atom. The lowest BCUT2D eigenvalue weighted by Gasteiger charge is -2.07. The van der Waals surface area contributed by atoms with Crippen LogP contribution in [0.3, 0.4) is 0 Å². The van der Waals surface area contributed by atoms with Gasteiger partial charge in [-0.15, -0.1) is 0 Å². The molecule has 0 fully saturated rings. The Balaban J connectivity index is 2.87. The molecule has 0 atom stereocenters. The minimum atomic E-state index is -0.293. The molecule has 0 aliphatic carbocycles. The molecule has 2 N–H and O–H groups in total. The number of hydrogen-bond acceptors (Lipinski definition) is 2. The first-order chi connectivity index (χ1) is 7.13. The van der Waals surface area contributed by atoms with Gasteiger partial charge in [0.1, 0.15) is 0 Å². The molecule has 3 nitrogen and oxygen atoms in total. The van der Waals surface area contributed by atoms with Crippen LogP contribution in [0.5, 0.6) is 0 Å². The number of primary amides is 1. The number of hydrogen-bond donors (Lipinski definition) is 1. The molecule has 0 aliphatic heterocycles. The number of rotatable bonds is 5. The van der Waals surface area contributed by atoms with Gasteiger partial charge in [-0.1, -0.05) is 19.4 Å². The van der Waals surface area contributed by atoms with E-state index in [4.69, 9.17) is 5.73 Å². The molecule has 0 spiro atoms. The molecule has 3 heteroatoms. The average Bonchev–Trinajstić information content (AvgIpc) is 2.18. The fourth-order valence-electron chi connectivity index (χ4n) is 1.55. The molecule has 0 saturated carbocycles. The van der Waals surface area contributed by atoms with E-state index in [9.17, 15) is 4.79 Å². The van der Waals surface area contributed by atoms with E-state index in [0.29, 0.717) is 6.42 Å². The largest absolute Gasteiger partial charge is 0.369 e. The third-order valence-electron chi connectivity index (χ3n) is 2.34. The van der Waals surface area contributed by atoms with Crippen molar-refractivity contribution in [3.05, 3.63) is 29.1 Å². The van der Waals surface area contributed by atoms with Crippen molar-refractivity contribution in [2.24, 2.45) is 5.73 Å². The molecule has 0 aliphatic rings. The standard InChI is InChI=1S/C12H18N2O/c1-3-4-5-11-10(8-12(13)15)7-6-9(2)14-11/h6-7H,3-5,8H2,1-2H3,(H2,13,15). The molecule has 0 radical (unpaired) electrons. The molecule has 1 amide bonds. The summed E-state index contributed by atoms with van der Waals surface area (Å²) >= 11 is 0. The van der Waals surface area contributed by atoms with Gasteiger partial charge in [-0.25, -0.2) is 0 Å². The van der Waals surface area contributed by atoms with E-state index in [1.807, 2.05) is 19.1 Å². The van der Waals surface area contributed by atoms with Gasteiger partial charge in [-0.05, 0) is 31.4 Å². The highest BCUT2D eigenvalue weighted by atomic mass is 16.1. The number of aromatic nitrogens is 1. The SMILES string of the molecule is CCCCc1nc(C)ccc1CC(N)=O. The molecule has 15 heavy (non-hydrogen) atoms. The first-order valence-electron chi connectivity index (χ1n) is 5.37. The average molecular weight is 206 g/mol. The summed E-state index contributed by atoms with van der Waals surface area (Å²) in [5, 5.41) is 0. The van der Waals surface area contributed by atoms with Gasteiger partial charge in [0.15, 0.2) is 0 Å². The van der Waals surface area contributed by atoms with Crippen LogP contribution in [0.25, 0.3) is 0 Å². The number of amides is 1. The van der Waals surface area contributed by atoms with Crippen molar-refractivity contribution < 1.29 is 4.79 Å². The van der Waals surface area contributed by atoms with Crippen LogP contribution in [0.4, 0.5) is 0 Å². The third-order valence-corrected chi connectivity index (χ3v) is 2.34. The lowest BCUT2D eigenvalue weighted by atomic mass is 10.0. The van der Waals surface area contributed by atoms with Crippen molar-refractivity contribution in [1.82, 2.24) is 4.98 Å². The Kier molecular flexibility index (Phi) is 4.28. The second-order valence-electron chi connectivity index (χ2n) is 3.81. The zero-order chi connectivity index (χ0) is 11.3. The van der Waals surface area contributed by atoms with Crippen LogP contribution in [0.1, 0.15) is 36.7 Å². The summed E-state index contributed by atoms with van der Waals surface area (Å²) in [5.74, 6) is -0.293. The maximum Gasteiger partial charge on any atom is 0.221 e. The van der Waals surface area contributed by atoms with Crippen LogP contribution in [-0.4, -0.2) is 10.9 Å². The summed E-state index contributed by atoms with van der Waals surface area (Å²) in [5.41, 5.74) is 8.19. The maximum atomic E-state index is 10.9. The van der Waals surface area contributed by atoms with Gasteiger partial charge in [-0.3, -0.25) is 9.78 Å². The van der Waals surface area contributed by atoms with E-state index >= 15 is 0 Å². The normalized spacial score (nSPS) is 10.3. The molecule has 0 aromatic carbocycles. The quantitative estimate of drug-likeness (QED) is 0.798. The van der Waals surface area contributed by atoms with Gasteiger partial charge in [-0.2, -0.15) is 0 Å². The van der Waals surface area contributed by atoms with Crippen molar-refractivity contribution in [3.8, 4) is 0 Å². The zero-order valence-corrected chi connectivity index (χ0v) is 9.42. The summed E-state index contributed by atoms with van der Waals surface area (Å²) in [7, 11) is 0. The summed E-state index contributed by atoms with van der Waals surface area (Å²) < 4.78 is 0. The Labute approximate surface area is 90.7 Å². The molecule has 1 heterocycles. The second-order valence-corrected chi connectivity index (χ2v) is 3.81. The van der Waals surface area contributed by atoms with Gasteiger partial charge in [0, 0.05) is 11.4 Å². The van der Waals surface area contributed by atoms with E-state index in [-0.39, 0.29) is 5.91 Å². The highest BCUT2D eigenvalue weighted by molar-refractivity contribution is 5.76. The van der Waals surface area contributed by atoms with Crippen molar-refractivity contribution in [2.45, 2.75) is 39.5 Å². The van der Waals surface area contributed by atoms with E-state index in [1.54, 1.807) is 0 Å². The van der Waals surface area contributed by atoms with Crippen LogP contribution >= 0.6 is 0 Å². The van der Waals surface area contributed by atoms with Gasteiger partial charge < -0.3 is 5.73 Å². The number of carbonyl (C=O) groups is 1. The number of nitrogens with zero attached hydrogens (tertiary/aromatic N) is 1. The smallest absolute Gasteiger partial charge is 0.221 e. The molecular weight excluding hydrogens is 188 g/mol. The minimum Gasteiger partial charge on any atom is -0.369 e. The van der Waals surface area contributed by atoms with Crippen molar-refractivity contribution in [2.75, 3.05) is 0 Å². The Bertz CT molecular complexity index is 347. The number of nitrogens with two attached hydrogens (primary N) is 1. The highest BCUT2D eigenvalue weighted by Gasteiger charge is 2.06. The maximum absolute atomic E-state index is 10.9. The van der Waals surface area contributed by atoms with E-state index in [1.165, 1.54) is 0 Å². The first-order valence-corrected chi connectivity index (χ1v) is 5.37. The van der Waals surface area contributed by atoms with Crippen LogP contribution in [-0.2, 0) is 17.6 Å². The Morgan fingerprint density at radius 3 is 2.80 bits per heavy atom. The second kappa shape index (κ2) is 5.49.